The van der Waals surface area contributed by atoms with Crippen molar-refractivity contribution in [2.45, 2.75) is 25.3 Å². The van der Waals surface area contributed by atoms with Crippen molar-refractivity contribution in [3.05, 3.63) is 42.2 Å². The van der Waals surface area contributed by atoms with Crippen molar-refractivity contribution >= 4 is 16.7 Å². The summed E-state index contributed by atoms with van der Waals surface area (Å²) in [5.74, 6) is -0.0896. The fourth-order valence-electron chi connectivity index (χ4n) is 2.27. The summed E-state index contributed by atoms with van der Waals surface area (Å²) in [5, 5.41) is 8.33. The topological polar surface area (TPSA) is 54.0 Å². The van der Waals surface area contributed by atoms with Crippen molar-refractivity contribution in [3.8, 4) is 0 Å². The lowest BCUT2D eigenvalue weighted by molar-refractivity contribution is 0.0950. The number of hydrogen-bond acceptors (Lipinski definition) is 3. The van der Waals surface area contributed by atoms with Gasteiger partial charge in [0.25, 0.3) is 5.91 Å². The molecule has 1 aromatic heterocycles. The van der Waals surface area contributed by atoms with E-state index in [-0.39, 0.29) is 5.91 Å². The van der Waals surface area contributed by atoms with Crippen LogP contribution < -0.4 is 10.6 Å². The van der Waals surface area contributed by atoms with Crippen LogP contribution in [-0.4, -0.2) is 30.0 Å². The highest BCUT2D eigenvalue weighted by Crippen LogP contribution is 2.18. The minimum atomic E-state index is -0.0896. The third-order valence-corrected chi connectivity index (χ3v) is 3.54. The van der Waals surface area contributed by atoms with Gasteiger partial charge in [-0.3, -0.25) is 9.78 Å². The summed E-state index contributed by atoms with van der Waals surface area (Å²) in [6.07, 6.45) is 5.23. The zero-order valence-corrected chi connectivity index (χ0v) is 11.4. The summed E-state index contributed by atoms with van der Waals surface area (Å²) in [5.41, 5.74) is 0.512. The van der Waals surface area contributed by atoms with Gasteiger partial charge in [0, 0.05) is 24.2 Å². The van der Waals surface area contributed by atoms with Crippen LogP contribution in [0.3, 0.4) is 0 Å². The smallest absolute Gasteiger partial charge is 0.270 e. The van der Waals surface area contributed by atoms with Gasteiger partial charge in [-0.25, -0.2) is 0 Å². The van der Waals surface area contributed by atoms with Crippen LogP contribution in [0.4, 0.5) is 0 Å². The van der Waals surface area contributed by atoms with E-state index in [4.69, 9.17) is 0 Å². The zero-order chi connectivity index (χ0) is 13.8. The first-order chi connectivity index (χ1) is 9.84. The maximum absolute atomic E-state index is 12.2. The molecule has 1 fully saturated rings. The van der Waals surface area contributed by atoms with Crippen molar-refractivity contribution in [2.75, 3.05) is 13.1 Å². The molecule has 1 heterocycles. The second kappa shape index (κ2) is 6.01. The van der Waals surface area contributed by atoms with E-state index < -0.39 is 0 Å². The molecule has 0 radical (unpaired) electrons. The summed E-state index contributed by atoms with van der Waals surface area (Å²) in [7, 11) is 0. The number of amides is 1. The van der Waals surface area contributed by atoms with Gasteiger partial charge in [-0.15, -0.1) is 0 Å². The molecule has 1 aromatic carbocycles. The maximum atomic E-state index is 12.2. The molecule has 1 saturated carbocycles. The Labute approximate surface area is 118 Å². The van der Waals surface area contributed by atoms with E-state index in [2.05, 4.69) is 15.6 Å². The second-order valence-corrected chi connectivity index (χ2v) is 5.22. The normalized spacial score (nSPS) is 14.4. The van der Waals surface area contributed by atoms with E-state index in [1.165, 1.54) is 12.8 Å². The predicted molar refractivity (Wildman–Crippen MR) is 79.7 cm³/mol. The molecule has 1 amide bonds. The molecule has 1 aliphatic carbocycles. The number of rotatable bonds is 6. The van der Waals surface area contributed by atoms with E-state index >= 15 is 0 Å². The number of hydrogen-bond donors (Lipinski definition) is 2. The number of nitrogens with one attached hydrogen (secondary N) is 2. The summed E-state index contributed by atoms with van der Waals surface area (Å²) in [6, 6.07) is 10.5. The molecule has 4 nitrogen and oxygen atoms in total. The van der Waals surface area contributed by atoms with Gasteiger partial charge in [-0.1, -0.05) is 24.3 Å². The van der Waals surface area contributed by atoms with Gasteiger partial charge in [0.05, 0.1) is 0 Å². The monoisotopic (exact) mass is 269 g/mol. The van der Waals surface area contributed by atoms with Gasteiger partial charge in [0.1, 0.15) is 5.69 Å². The van der Waals surface area contributed by atoms with Crippen LogP contribution in [0.2, 0.25) is 0 Å². The van der Waals surface area contributed by atoms with Crippen LogP contribution >= 0.6 is 0 Å². The number of nitrogens with zero attached hydrogens (tertiary/aromatic N) is 1. The number of aromatic nitrogens is 1. The molecule has 3 rings (SSSR count). The lowest BCUT2D eigenvalue weighted by Crippen LogP contribution is -2.28. The Morgan fingerprint density at radius 2 is 2.05 bits per heavy atom. The molecule has 20 heavy (non-hydrogen) atoms. The molecule has 4 heteroatoms. The first kappa shape index (κ1) is 13.1. The van der Waals surface area contributed by atoms with Crippen LogP contribution in [-0.2, 0) is 0 Å². The lowest BCUT2D eigenvalue weighted by atomic mass is 10.1. The van der Waals surface area contributed by atoms with E-state index in [0.717, 1.165) is 29.8 Å². The quantitative estimate of drug-likeness (QED) is 0.790. The minimum absolute atomic E-state index is 0.0896. The zero-order valence-electron chi connectivity index (χ0n) is 11.4. The molecular weight excluding hydrogens is 250 g/mol. The van der Waals surface area contributed by atoms with Gasteiger partial charge in [-0.05, 0) is 37.3 Å². The van der Waals surface area contributed by atoms with Crippen LogP contribution in [0.1, 0.15) is 29.8 Å². The van der Waals surface area contributed by atoms with Gasteiger partial charge < -0.3 is 10.6 Å². The van der Waals surface area contributed by atoms with Crippen molar-refractivity contribution < 1.29 is 4.79 Å². The number of fused-ring (bicyclic) bond motifs is 1. The van der Waals surface area contributed by atoms with E-state index in [9.17, 15) is 4.79 Å². The summed E-state index contributed by atoms with van der Waals surface area (Å²) < 4.78 is 0. The molecule has 0 saturated heterocycles. The number of carbonyl (C=O) groups excluding carboxylic acids is 1. The molecule has 0 aliphatic heterocycles. The van der Waals surface area contributed by atoms with Crippen LogP contribution in [0.15, 0.2) is 36.5 Å². The van der Waals surface area contributed by atoms with Crippen LogP contribution in [0, 0.1) is 0 Å². The maximum Gasteiger partial charge on any atom is 0.270 e. The number of benzene rings is 1. The molecule has 1 aliphatic rings. The first-order valence-corrected chi connectivity index (χ1v) is 7.20. The van der Waals surface area contributed by atoms with E-state index in [1.807, 2.05) is 30.3 Å². The molecule has 0 bridgehead atoms. The Morgan fingerprint density at radius 1 is 1.20 bits per heavy atom. The average Bonchev–Trinajstić information content (AvgIpc) is 3.30. The summed E-state index contributed by atoms with van der Waals surface area (Å²) in [6.45, 7) is 1.65. The SMILES string of the molecule is O=C(NCCCNC1CC1)c1nccc2ccccc12. The standard InChI is InChI=1S/C16H19N3O/c20-16(19-10-3-9-17-13-6-7-13)15-14-5-2-1-4-12(14)8-11-18-15/h1-2,4-5,8,11,13,17H,3,6-7,9-10H2,(H,19,20). The molecule has 0 unspecified atom stereocenters. The highest BCUT2D eigenvalue weighted by Gasteiger charge is 2.19. The van der Waals surface area contributed by atoms with Gasteiger partial charge in [-0.2, -0.15) is 0 Å². The van der Waals surface area contributed by atoms with E-state index in [0.29, 0.717) is 12.2 Å². The number of pyridine rings is 1. The largest absolute Gasteiger partial charge is 0.351 e. The molecule has 0 atom stereocenters. The highest BCUT2D eigenvalue weighted by molar-refractivity contribution is 6.05. The first-order valence-electron chi connectivity index (χ1n) is 7.20. The molecule has 0 spiro atoms. The van der Waals surface area contributed by atoms with Crippen molar-refractivity contribution in [1.82, 2.24) is 15.6 Å². The lowest BCUT2D eigenvalue weighted by Gasteiger charge is -2.07. The van der Waals surface area contributed by atoms with E-state index in [1.54, 1.807) is 6.20 Å². The van der Waals surface area contributed by atoms with Crippen molar-refractivity contribution in [3.63, 3.8) is 0 Å². The predicted octanol–water partition coefficient (Wildman–Crippen LogP) is 2.11. The second-order valence-electron chi connectivity index (χ2n) is 5.22. The molecular formula is C16H19N3O. The Morgan fingerprint density at radius 3 is 2.90 bits per heavy atom. The third kappa shape index (κ3) is 3.14. The molecule has 2 aromatic rings. The minimum Gasteiger partial charge on any atom is -0.351 e. The third-order valence-electron chi connectivity index (χ3n) is 3.54. The van der Waals surface area contributed by atoms with Crippen molar-refractivity contribution in [1.29, 1.82) is 0 Å². The van der Waals surface area contributed by atoms with Gasteiger partial charge in [0.15, 0.2) is 0 Å². The molecule has 104 valence electrons. The molecule has 2 N–H and O–H groups in total. The van der Waals surface area contributed by atoms with Crippen LogP contribution in [0.25, 0.3) is 10.8 Å². The Balaban J connectivity index is 1.57. The fraction of sp³-hybridized carbons (Fsp3) is 0.375. The summed E-state index contributed by atoms with van der Waals surface area (Å²) >= 11 is 0. The highest BCUT2D eigenvalue weighted by atomic mass is 16.1. The van der Waals surface area contributed by atoms with Crippen molar-refractivity contribution in [2.24, 2.45) is 0 Å². The fourth-order valence-corrected chi connectivity index (χ4v) is 2.27. The Kier molecular flexibility index (Phi) is 3.92. The summed E-state index contributed by atoms with van der Waals surface area (Å²) in [4.78, 5) is 16.4. The Bertz CT molecular complexity index is 602. The van der Waals surface area contributed by atoms with Crippen LogP contribution in [0.5, 0.6) is 0 Å². The van der Waals surface area contributed by atoms with Gasteiger partial charge >= 0.3 is 0 Å². The Hall–Kier alpha value is -1.94. The number of carbonyl (C=O) groups is 1. The average molecular weight is 269 g/mol. The van der Waals surface area contributed by atoms with Gasteiger partial charge in [0.2, 0.25) is 0 Å².